The van der Waals surface area contributed by atoms with E-state index in [2.05, 4.69) is 29.4 Å². The third-order valence-electron chi connectivity index (χ3n) is 7.61. The maximum atomic E-state index is 13.6. The van der Waals surface area contributed by atoms with E-state index >= 15 is 0 Å². The number of amides is 1. The first-order valence-corrected chi connectivity index (χ1v) is 13.1. The van der Waals surface area contributed by atoms with Gasteiger partial charge in [-0.1, -0.05) is 24.3 Å². The Morgan fingerprint density at radius 3 is 2.58 bits per heavy atom. The quantitative estimate of drug-likeness (QED) is 0.505. The Hall–Kier alpha value is -3.55. The largest absolute Gasteiger partial charge is 0.466 e. The number of likely N-dealkylation sites (tertiary alicyclic amines) is 1. The van der Waals surface area contributed by atoms with E-state index in [-0.39, 0.29) is 17.8 Å². The van der Waals surface area contributed by atoms with E-state index in [0.717, 1.165) is 54.6 Å². The minimum Gasteiger partial charge on any atom is -0.466 e. The highest BCUT2D eigenvalue weighted by Crippen LogP contribution is 2.43. The normalized spacial score (nSPS) is 17.8. The van der Waals surface area contributed by atoms with Gasteiger partial charge in [0.2, 0.25) is 0 Å². The molecular formula is C28H31N5O3. The number of aromatic nitrogens is 4. The molecule has 1 aliphatic heterocycles. The molecule has 186 valence electrons. The number of esters is 1. The SMILES string of the molecule is CCOC(=O)C1CCN(C(=O)c2cnn(-c3ncc4c(n3)-c3ccccc3CCC4)c2C2CC2)CC1. The van der Waals surface area contributed by atoms with Crippen molar-refractivity contribution in [2.45, 2.75) is 57.8 Å². The van der Waals surface area contributed by atoms with Gasteiger partial charge in [0.05, 0.1) is 35.7 Å². The first-order chi connectivity index (χ1) is 17.6. The Balaban J connectivity index is 1.30. The zero-order valence-corrected chi connectivity index (χ0v) is 20.7. The fourth-order valence-corrected chi connectivity index (χ4v) is 5.53. The molecule has 36 heavy (non-hydrogen) atoms. The molecular weight excluding hydrogens is 454 g/mol. The monoisotopic (exact) mass is 485 g/mol. The molecule has 1 aromatic carbocycles. The Kier molecular flexibility index (Phi) is 6.03. The van der Waals surface area contributed by atoms with Crippen molar-refractivity contribution in [2.24, 2.45) is 5.92 Å². The molecule has 1 amide bonds. The fourth-order valence-electron chi connectivity index (χ4n) is 5.53. The van der Waals surface area contributed by atoms with Gasteiger partial charge in [0, 0.05) is 30.8 Å². The van der Waals surface area contributed by atoms with Crippen LogP contribution in [0.25, 0.3) is 17.2 Å². The number of aryl methyl sites for hydroxylation is 2. The van der Waals surface area contributed by atoms with Gasteiger partial charge < -0.3 is 9.64 Å². The average Bonchev–Trinajstić information content (AvgIpc) is 3.69. The van der Waals surface area contributed by atoms with Crippen LogP contribution < -0.4 is 0 Å². The number of carbonyl (C=O) groups is 2. The van der Waals surface area contributed by atoms with Gasteiger partial charge in [-0.15, -0.1) is 0 Å². The topological polar surface area (TPSA) is 90.2 Å². The van der Waals surface area contributed by atoms with Gasteiger partial charge >= 0.3 is 5.97 Å². The molecule has 0 radical (unpaired) electrons. The number of ether oxygens (including phenoxy) is 1. The second-order valence-electron chi connectivity index (χ2n) is 10.0. The summed E-state index contributed by atoms with van der Waals surface area (Å²) in [4.78, 5) is 37.2. The molecule has 2 aromatic heterocycles. The van der Waals surface area contributed by atoms with E-state index in [0.29, 0.717) is 50.0 Å². The number of rotatable bonds is 5. The van der Waals surface area contributed by atoms with Crippen LogP contribution in [0.5, 0.6) is 0 Å². The maximum Gasteiger partial charge on any atom is 0.309 e. The Morgan fingerprint density at radius 1 is 1.03 bits per heavy atom. The highest BCUT2D eigenvalue weighted by Gasteiger charge is 2.36. The van der Waals surface area contributed by atoms with Gasteiger partial charge in [0.1, 0.15) is 0 Å². The van der Waals surface area contributed by atoms with Crippen LogP contribution in [0.2, 0.25) is 0 Å². The average molecular weight is 486 g/mol. The number of nitrogens with zero attached hydrogens (tertiary/aromatic N) is 5. The van der Waals surface area contributed by atoms with Crippen LogP contribution in [0.3, 0.4) is 0 Å². The number of fused-ring (bicyclic) bond motifs is 3. The van der Waals surface area contributed by atoms with Gasteiger partial charge in [-0.3, -0.25) is 9.59 Å². The third-order valence-corrected chi connectivity index (χ3v) is 7.61. The first-order valence-electron chi connectivity index (χ1n) is 13.1. The van der Waals surface area contributed by atoms with Crippen LogP contribution in [0, 0.1) is 5.92 Å². The minimum atomic E-state index is -0.155. The van der Waals surface area contributed by atoms with Crippen LogP contribution in [0.1, 0.15) is 72.1 Å². The van der Waals surface area contributed by atoms with E-state index in [1.807, 2.05) is 18.0 Å². The molecule has 1 saturated carbocycles. The van der Waals surface area contributed by atoms with Crippen molar-refractivity contribution in [3.63, 3.8) is 0 Å². The number of carbonyl (C=O) groups excluding carboxylic acids is 2. The summed E-state index contributed by atoms with van der Waals surface area (Å²) in [5.41, 5.74) is 6.14. The summed E-state index contributed by atoms with van der Waals surface area (Å²) in [6, 6.07) is 8.45. The van der Waals surface area contributed by atoms with Crippen molar-refractivity contribution >= 4 is 11.9 Å². The third kappa shape index (κ3) is 4.18. The van der Waals surface area contributed by atoms with Gasteiger partial charge in [0.25, 0.3) is 11.9 Å². The molecule has 8 heteroatoms. The van der Waals surface area contributed by atoms with Crippen LogP contribution in [0.4, 0.5) is 0 Å². The van der Waals surface area contributed by atoms with Crippen molar-refractivity contribution in [1.29, 1.82) is 0 Å². The first kappa shape index (κ1) is 22.9. The smallest absolute Gasteiger partial charge is 0.309 e. The Labute approximate surface area is 210 Å². The minimum absolute atomic E-state index is 0.0226. The van der Waals surface area contributed by atoms with E-state index in [4.69, 9.17) is 14.7 Å². The van der Waals surface area contributed by atoms with E-state index in [1.165, 1.54) is 5.56 Å². The molecule has 8 nitrogen and oxygen atoms in total. The molecule has 0 unspecified atom stereocenters. The lowest BCUT2D eigenvalue weighted by atomic mass is 9.96. The van der Waals surface area contributed by atoms with Crippen LogP contribution in [-0.4, -0.2) is 56.2 Å². The summed E-state index contributed by atoms with van der Waals surface area (Å²) in [5, 5.41) is 4.63. The molecule has 3 heterocycles. The van der Waals surface area contributed by atoms with E-state index in [1.54, 1.807) is 10.9 Å². The molecule has 0 bridgehead atoms. The van der Waals surface area contributed by atoms with Gasteiger partial charge in [0.15, 0.2) is 0 Å². The summed E-state index contributed by atoms with van der Waals surface area (Å²) in [5.74, 6) is 0.504. The van der Waals surface area contributed by atoms with Crippen LogP contribution in [0.15, 0.2) is 36.7 Å². The molecule has 1 saturated heterocycles. The number of benzene rings is 1. The molecule has 2 fully saturated rings. The summed E-state index contributed by atoms with van der Waals surface area (Å²) >= 11 is 0. The zero-order chi connectivity index (χ0) is 24.6. The van der Waals surface area contributed by atoms with Crippen molar-refractivity contribution < 1.29 is 14.3 Å². The summed E-state index contributed by atoms with van der Waals surface area (Å²) < 4.78 is 6.95. The van der Waals surface area contributed by atoms with E-state index in [9.17, 15) is 9.59 Å². The zero-order valence-electron chi connectivity index (χ0n) is 20.7. The van der Waals surface area contributed by atoms with Gasteiger partial charge in [-0.05, 0) is 63.0 Å². The Bertz CT molecular complexity index is 1300. The summed E-state index contributed by atoms with van der Waals surface area (Å²) in [7, 11) is 0. The molecule has 3 aliphatic rings. The van der Waals surface area contributed by atoms with Crippen LogP contribution >= 0.6 is 0 Å². The number of hydrogen-bond donors (Lipinski definition) is 0. The second kappa shape index (κ2) is 9.48. The molecule has 6 rings (SSSR count). The van der Waals surface area contributed by atoms with Crippen molar-refractivity contribution in [2.75, 3.05) is 19.7 Å². The predicted octanol–water partition coefficient (Wildman–Crippen LogP) is 4.11. The van der Waals surface area contributed by atoms with Crippen LogP contribution in [-0.2, 0) is 22.4 Å². The molecule has 0 atom stereocenters. The molecule has 0 spiro atoms. The van der Waals surface area contributed by atoms with Crippen molar-refractivity contribution in [3.8, 4) is 17.2 Å². The van der Waals surface area contributed by atoms with E-state index < -0.39 is 0 Å². The lowest BCUT2D eigenvalue weighted by Crippen LogP contribution is -2.40. The molecule has 0 N–H and O–H groups in total. The lowest BCUT2D eigenvalue weighted by molar-refractivity contribution is -0.149. The van der Waals surface area contributed by atoms with Crippen molar-refractivity contribution in [1.82, 2.24) is 24.6 Å². The lowest BCUT2D eigenvalue weighted by Gasteiger charge is -2.30. The highest BCUT2D eigenvalue weighted by molar-refractivity contribution is 5.95. The summed E-state index contributed by atoms with van der Waals surface area (Å²) in [6.45, 7) is 3.30. The van der Waals surface area contributed by atoms with Gasteiger partial charge in [-0.2, -0.15) is 5.10 Å². The number of hydrogen-bond acceptors (Lipinski definition) is 6. The highest BCUT2D eigenvalue weighted by atomic mass is 16.5. The Morgan fingerprint density at radius 2 is 1.81 bits per heavy atom. The summed E-state index contributed by atoms with van der Waals surface area (Å²) in [6.07, 6.45) is 9.99. The molecule has 3 aromatic rings. The van der Waals surface area contributed by atoms with Gasteiger partial charge in [-0.25, -0.2) is 14.6 Å². The maximum absolute atomic E-state index is 13.6. The second-order valence-corrected chi connectivity index (χ2v) is 10.0. The predicted molar refractivity (Wildman–Crippen MR) is 134 cm³/mol. The standard InChI is InChI=1S/C28H31N5O3/c1-2-36-27(35)20-12-14-32(15-13-20)26(34)23-17-30-33(25(23)19-10-11-19)28-29-16-21-8-5-7-18-6-3-4-9-22(18)24(21)31-28/h3-4,6,9,16-17,19-20H,2,5,7-8,10-15H2,1H3. The number of piperidine rings is 1. The van der Waals surface area contributed by atoms with Crippen molar-refractivity contribution in [3.05, 3.63) is 59.0 Å². The molecule has 2 aliphatic carbocycles. The fraction of sp³-hybridized carbons (Fsp3) is 0.464.